The highest BCUT2D eigenvalue weighted by Gasteiger charge is 2.30. The van der Waals surface area contributed by atoms with Gasteiger partial charge in [0.25, 0.3) is 5.91 Å². The highest BCUT2D eigenvalue weighted by molar-refractivity contribution is 6.33. The lowest BCUT2D eigenvalue weighted by Crippen LogP contribution is -2.37. The highest BCUT2D eigenvalue weighted by atomic mass is 35.5. The average molecular weight is 366 g/mol. The molecular weight excluding hydrogens is 346 g/mol. The van der Waals surface area contributed by atoms with Gasteiger partial charge in [-0.25, -0.2) is 0 Å². The quantitative estimate of drug-likeness (QED) is 0.735. The van der Waals surface area contributed by atoms with Gasteiger partial charge in [-0.15, -0.1) is 0 Å². The van der Waals surface area contributed by atoms with Gasteiger partial charge in [0.15, 0.2) is 0 Å². The molecule has 2 heterocycles. The Morgan fingerprint density at radius 2 is 1.92 bits per heavy atom. The Kier molecular flexibility index (Phi) is 4.76. The molecule has 1 N–H and O–H groups in total. The molecule has 132 valence electrons. The van der Waals surface area contributed by atoms with Crippen LogP contribution in [0.1, 0.15) is 28.9 Å². The van der Waals surface area contributed by atoms with Crippen LogP contribution in [-0.2, 0) is 6.42 Å². The molecule has 1 aromatic heterocycles. The number of carbonyl (C=O) groups is 1. The molecule has 1 saturated heterocycles. The van der Waals surface area contributed by atoms with Gasteiger partial charge in [-0.1, -0.05) is 60.1 Å². The maximum Gasteiger partial charge on any atom is 0.272 e. The number of rotatable bonds is 4. The van der Waals surface area contributed by atoms with Crippen molar-refractivity contribution < 1.29 is 4.79 Å². The molecule has 0 unspecified atom stereocenters. The summed E-state index contributed by atoms with van der Waals surface area (Å²) >= 11 is 6.24. The van der Waals surface area contributed by atoms with E-state index in [1.54, 1.807) is 6.07 Å². The van der Waals surface area contributed by atoms with Gasteiger partial charge in [-0.05, 0) is 37.0 Å². The monoisotopic (exact) mass is 365 g/mol. The first-order chi connectivity index (χ1) is 12.7. The zero-order valence-corrected chi connectivity index (χ0v) is 15.1. The number of aromatic nitrogens is 2. The predicted octanol–water partition coefficient (Wildman–Crippen LogP) is 4.58. The largest absolute Gasteiger partial charge is 0.334 e. The number of benzene rings is 2. The molecule has 0 saturated carbocycles. The number of hydrogen-bond donors (Lipinski definition) is 1. The Morgan fingerprint density at radius 1 is 1.15 bits per heavy atom. The smallest absolute Gasteiger partial charge is 0.272 e. The number of H-pyrrole nitrogens is 1. The standard InChI is InChI=1S/C21H20ClN3O/c22-18-11-5-4-10-17(18)19-14-20(24-23-19)21(26)25-12-6-9-16(25)13-15-7-2-1-3-8-15/h1-5,7-8,10-11,14,16H,6,9,12-13H2,(H,23,24)/t16-/m0/s1. The van der Waals surface area contributed by atoms with Crippen molar-refractivity contribution >= 4 is 17.5 Å². The molecule has 1 aliphatic rings. The number of carbonyl (C=O) groups excluding carboxylic acids is 1. The summed E-state index contributed by atoms with van der Waals surface area (Å²) in [6, 6.07) is 19.9. The fourth-order valence-electron chi connectivity index (χ4n) is 3.59. The third-order valence-electron chi connectivity index (χ3n) is 4.91. The van der Waals surface area contributed by atoms with E-state index in [9.17, 15) is 4.79 Å². The van der Waals surface area contributed by atoms with E-state index in [-0.39, 0.29) is 11.9 Å². The lowest BCUT2D eigenvalue weighted by Gasteiger charge is -2.24. The molecule has 0 aliphatic carbocycles. The van der Waals surface area contributed by atoms with Crippen molar-refractivity contribution in [3.05, 3.63) is 76.9 Å². The van der Waals surface area contributed by atoms with Gasteiger partial charge in [0.1, 0.15) is 5.69 Å². The normalized spacial score (nSPS) is 16.8. The van der Waals surface area contributed by atoms with Crippen LogP contribution in [0.5, 0.6) is 0 Å². The van der Waals surface area contributed by atoms with Crippen molar-refractivity contribution in [1.82, 2.24) is 15.1 Å². The van der Waals surface area contributed by atoms with Gasteiger partial charge >= 0.3 is 0 Å². The fourth-order valence-corrected chi connectivity index (χ4v) is 3.83. The zero-order valence-electron chi connectivity index (χ0n) is 14.4. The first-order valence-corrected chi connectivity index (χ1v) is 9.25. The second-order valence-corrected chi connectivity index (χ2v) is 7.04. The second kappa shape index (κ2) is 7.34. The summed E-state index contributed by atoms with van der Waals surface area (Å²) < 4.78 is 0. The molecule has 26 heavy (non-hydrogen) atoms. The number of nitrogens with one attached hydrogen (secondary N) is 1. The lowest BCUT2D eigenvalue weighted by molar-refractivity contribution is 0.0730. The zero-order chi connectivity index (χ0) is 17.9. The molecule has 1 fully saturated rings. The molecule has 5 heteroatoms. The Morgan fingerprint density at radius 3 is 2.73 bits per heavy atom. The Bertz CT molecular complexity index is 906. The van der Waals surface area contributed by atoms with Crippen molar-refractivity contribution in [3.8, 4) is 11.3 Å². The van der Waals surface area contributed by atoms with E-state index in [2.05, 4.69) is 22.3 Å². The van der Waals surface area contributed by atoms with Crippen molar-refractivity contribution in [2.45, 2.75) is 25.3 Å². The summed E-state index contributed by atoms with van der Waals surface area (Å²) in [7, 11) is 0. The molecule has 1 amide bonds. The maximum atomic E-state index is 13.0. The molecular formula is C21H20ClN3O. The highest BCUT2D eigenvalue weighted by Crippen LogP contribution is 2.28. The molecule has 0 bridgehead atoms. The summed E-state index contributed by atoms with van der Waals surface area (Å²) in [5.41, 5.74) is 3.29. The van der Waals surface area contributed by atoms with Crippen molar-refractivity contribution in [2.24, 2.45) is 0 Å². The predicted molar refractivity (Wildman–Crippen MR) is 103 cm³/mol. The molecule has 4 rings (SSSR count). The Labute approximate surface area is 157 Å². The first kappa shape index (κ1) is 16.9. The minimum atomic E-state index is 0.00855. The van der Waals surface area contributed by atoms with Gasteiger partial charge in [0.2, 0.25) is 0 Å². The molecule has 3 aromatic rings. The van der Waals surface area contributed by atoms with Crippen molar-refractivity contribution in [2.75, 3.05) is 6.54 Å². The molecule has 1 atom stereocenters. The molecule has 4 nitrogen and oxygen atoms in total. The van der Waals surface area contributed by atoms with Crippen LogP contribution in [0.3, 0.4) is 0 Å². The van der Waals surface area contributed by atoms with E-state index in [0.717, 1.165) is 31.4 Å². The number of nitrogens with zero attached hydrogens (tertiary/aromatic N) is 2. The van der Waals surface area contributed by atoms with Crippen LogP contribution in [0, 0.1) is 0 Å². The van der Waals surface area contributed by atoms with E-state index in [4.69, 9.17) is 11.6 Å². The summed E-state index contributed by atoms with van der Waals surface area (Å²) in [5.74, 6) is 0.00855. The van der Waals surface area contributed by atoms with Gasteiger partial charge in [0, 0.05) is 18.2 Å². The number of amides is 1. The van der Waals surface area contributed by atoms with E-state index in [1.165, 1.54) is 5.56 Å². The van der Waals surface area contributed by atoms with Crippen LogP contribution in [0.4, 0.5) is 0 Å². The summed E-state index contributed by atoms with van der Waals surface area (Å²) in [6.07, 6.45) is 2.96. The summed E-state index contributed by atoms with van der Waals surface area (Å²) in [5, 5.41) is 7.81. The van der Waals surface area contributed by atoms with Crippen molar-refractivity contribution in [3.63, 3.8) is 0 Å². The minimum absolute atomic E-state index is 0.00855. The van der Waals surface area contributed by atoms with Crippen LogP contribution in [0.2, 0.25) is 5.02 Å². The Hall–Kier alpha value is -2.59. The number of aromatic amines is 1. The molecule has 0 spiro atoms. The average Bonchev–Trinajstić information content (AvgIpc) is 3.32. The fraction of sp³-hybridized carbons (Fsp3) is 0.238. The maximum absolute atomic E-state index is 13.0. The molecule has 0 radical (unpaired) electrons. The van der Waals surface area contributed by atoms with Crippen LogP contribution >= 0.6 is 11.6 Å². The van der Waals surface area contributed by atoms with E-state index in [1.807, 2.05) is 47.4 Å². The van der Waals surface area contributed by atoms with Gasteiger partial charge in [-0.3, -0.25) is 9.89 Å². The first-order valence-electron chi connectivity index (χ1n) is 8.87. The number of hydrogen-bond acceptors (Lipinski definition) is 2. The minimum Gasteiger partial charge on any atom is -0.334 e. The van der Waals surface area contributed by atoms with Gasteiger partial charge in [-0.2, -0.15) is 5.10 Å². The third kappa shape index (κ3) is 3.37. The Balaban J connectivity index is 1.53. The van der Waals surface area contributed by atoms with Gasteiger partial charge in [0.05, 0.1) is 10.7 Å². The SMILES string of the molecule is O=C(c1cc(-c2ccccc2Cl)n[nH]1)N1CCC[C@H]1Cc1ccccc1. The number of halogens is 1. The third-order valence-corrected chi connectivity index (χ3v) is 5.24. The van der Waals surface area contributed by atoms with Crippen LogP contribution < -0.4 is 0 Å². The van der Waals surface area contributed by atoms with Gasteiger partial charge < -0.3 is 4.90 Å². The van der Waals surface area contributed by atoms with E-state index >= 15 is 0 Å². The lowest BCUT2D eigenvalue weighted by atomic mass is 10.0. The van der Waals surface area contributed by atoms with Crippen LogP contribution in [0.15, 0.2) is 60.7 Å². The summed E-state index contributed by atoms with van der Waals surface area (Å²) in [6.45, 7) is 0.788. The summed E-state index contributed by atoms with van der Waals surface area (Å²) in [4.78, 5) is 15.0. The second-order valence-electron chi connectivity index (χ2n) is 6.63. The van der Waals surface area contributed by atoms with E-state index in [0.29, 0.717) is 16.4 Å². The van der Waals surface area contributed by atoms with E-state index < -0.39 is 0 Å². The molecule has 1 aliphatic heterocycles. The van der Waals surface area contributed by atoms with Crippen LogP contribution in [-0.4, -0.2) is 33.6 Å². The number of likely N-dealkylation sites (tertiary alicyclic amines) is 1. The molecule has 2 aromatic carbocycles. The van der Waals surface area contributed by atoms with Crippen LogP contribution in [0.25, 0.3) is 11.3 Å². The van der Waals surface area contributed by atoms with Crippen molar-refractivity contribution in [1.29, 1.82) is 0 Å². The topological polar surface area (TPSA) is 49.0 Å².